The van der Waals surface area contributed by atoms with Gasteiger partial charge < -0.3 is 9.47 Å². The van der Waals surface area contributed by atoms with Crippen molar-refractivity contribution in [2.24, 2.45) is 0 Å². The molecule has 3 aromatic rings. The van der Waals surface area contributed by atoms with Gasteiger partial charge in [-0.1, -0.05) is 60.7 Å². The summed E-state index contributed by atoms with van der Waals surface area (Å²) in [6.45, 7) is 4.05. The molecule has 0 unspecified atom stereocenters. The molecule has 0 aliphatic rings. The van der Waals surface area contributed by atoms with Gasteiger partial charge in [0.05, 0.1) is 13.2 Å². The van der Waals surface area contributed by atoms with Crippen LogP contribution in [-0.2, 0) is 9.47 Å². The fourth-order valence-electron chi connectivity index (χ4n) is 2.87. The summed E-state index contributed by atoms with van der Waals surface area (Å²) in [6.07, 6.45) is 0. The molecule has 138 valence electrons. The number of hydrogen-bond acceptors (Lipinski definition) is 5. The molecule has 0 saturated carbocycles. The molecule has 4 nitrogen and oxygen atoms in total. The molecule has 0 radical (unpaired) electrons. The van der Waals surface area contributed by atoms with Crippen molar-refractivity contribution in [2.75, 3.05) is 13.2 Å². The molecular formula is C22H20O4S. The third kappa shape index (κ3) is 3.93. The van der Waals surface area contributed by atoms with E-state index in [2.05, 4.69) is 0 Å². The molecule has 0 saturated heterocycles. The summed E-state index contributed by atoms with van der Waals surface area (Å²) < 4.78 is 10.5. The number of carbonyl (C=O) groups excluding carboxylic acids is 2. The molecule has 5 heteroatoms. The summed E-state index contributed by atoms with van der Waals surface area (Å²) in [5.74, 6) is -0.872. The highest BCUT2D eigenvalue weighted by molar-refractivity contribution is 7.17. The molecule has 1 heterocycles. The summed E-state index contributed by atoms with van der Waals surface area (Å²) in [7, 11) is 0. The van der Waals surface area contributed by atoms with Gasteiger partial charge in [-0.05, 0) is 25.0 Å². The Kier molecular flexibility index (Phi) is 6.04. The first-order valence-corrected chi connectivity index (χ1v) is 9.60. The predicted octanol–water partition coefficient (Wildman–Crippen LogP) is 5.44. The minimum atomic E-state index is -0.436. The molecule has 0 N–H and O–H groups in total. The molecule has 0 spiro atoms. The summed E-state index contributed by atoms with van der Waals surface area (Å²) >= 11 is 1.12. The molecule has 0 amide bonds. The van der Waals surface area contributed by atoms with Gasteiger partial charge >= 0.3 is 11.9 Å². The van der Waals surface area contributed by atoms with Gasteiger partial charge in [-0.25, -0.2) is 9.59 Å². The van der Waals surface area contributed by atoms with E-state index in [1.54, 1.807) is 13.8 Å². The topological polar surface area (TPSA) is 52.6 Å². The van der Waals surface area contributed by atoms with Gasteiger partial charge in [-0.3, -0.25) is 0 Å². The maximum absolute atomic E-state index is 12.7. The lowest BCUT2D eigenvalue weighted by atomic mass is 9.94. The van der Waals surface area contributed by atoms with E-state index < -0.39 is 11.9 Å². The summed E-state index contributed by atoms with van der Waals surface area (Å²) in [5.41, 5.74) is 3.11. The summed E-state index contributed by atoms with van der Waals surface area (Å²) in [5, 5.41) is 0. The van der Waals surface area contributed by atoms with E-state index >= 15 is 0 Å². The van der Waals surface area contributed by atoms with Crippen LogP contribution in [0.25, 0.3) is 22.3 Å². The van der Waals surface area contributed by atoms with E-state index in [1.165, 1.54) is 0 Å². The van der Waals surface area contributed by atoms with E-state index in [9.17, 15) is 9.59 Å². The molecule has 0 bridgehead atoms. The third-order valence-corrected chi connectivity index (χ3v) is 5.10. The third-order valence-electron chi connectivity index (χ3n) is 3.95. The Bertz CT molecular complexity index is 854. The van der Waals surface area contributed by atoms with E-state index in [1.807, 2.05) is 60.7 Å². The Labute approximate surface area is 162 Å². The zero-order valence-corrected chi connectivity index (χ0v) is 16.0. The second-order valence-electron chi connectivity index (χ2n) is 5.68. The van der Waals surface area contributed by atoms with E-state index in [4.69, 9.17) is 9.47 Å². The van der Waals surface area contributed by atoms with Crippen LogP contribution in [0.15, 0.2) is 60.7 Å². The lowest BCUT2D eigenvalue weighted by molar-refractivity contribution is 0.0525. The van der Waals surface area contributed by atoms with Crippen LogP contribution in [0.4, 0.5) is 0 Å². The molecule has 0 atom stereocenters. The lowest BCUT2D eigenvalue weighted by Crippen LogP contribution is -2.04. The fraction of sp³-hybridized carbons (Fsp3) is 0.182. The molecule has 1 aromatic heterocycles. The summed E-state index contributed by atoms with van der Waals surface area (Å²) in [6, 6.07) is 19.1. The number of esters is 2. The van der Waals surface area contributed by atoms with Crippen molar-refractivity contribution < 1.29 is 19.1 Å². The van der Waals surface area contributed by atoms with Crippen molar-refractivity contribution in [3.8, 4) is 22.3 Å². The molecule has 27 heavy (non-hydrogen) atoms. The van der Waals surface area contributed by atoms with Crippen molar-refractivity contribution in [1.29, 1.82) is 0 Å². The van der Waals surface area contributed by atoms with Crippen LogP contribution in [0.2, 0.25) is 0 Å². The average Bonchev–Trinajstić information content (AvgIpc) is 3.10. The van der Waals surface area contributed by atoms with Gasteiger partial charge in [0.25, 0.3) is 0 Å². The number of hydrogen-bond donors (Lipinski definition) is 0. The van der Waals surface area contributed by atoms with Gasteiger partial charge in [0.2, 0.25) is 0 Å². The SMILES string of the molecule is CCOC(=O)c1sc(C(=O)OCC)c(-c2ccccc2)c1-c1ccccc1. The maximum Gasteiger partial charge on any atom is 0.348 e. The van der Waals surface area contributed by atoms with Crippen molar-refractivity contribution in [1.82, 2.24) is 0 Å². The van der Waals surface area contributed by atoms with Crippen LogP contribution in [0.3, 0.4) is 0 Å². The molecule has 3 rings (SSSR count). The van der Waals surface area contributed by atoms with Gasteiger partial charge in [-0.2, -0.15) is 0 Å². The van der Waals surface area contributed by atoms with Gasteiger partial charge in [0, 0.05) is 11.1 Å². The van der Waals surface area contributed by atoms with E-state index in [0.29, 0.717) is 20.9 Å². The predicted molar refractivity (Wildman–Crippen MR) is 107 cm³/mol. The lowest BCUT2D eigenvalue weighted by Gasteiger charge is -2.09. The van der Waals surface area contributed by atoms with E-state index in [0.717, 1.165) is 22.5 Å². The van der Waals surface area contributed by atoms with Crippen LogP contribution in [0.5, 0.6) is 0 Å². The number of thiophene rings is 1. The van der Waals surface area contributed by atoms with Crippen LogP contribution >= 0.6 is 11.3 Å². The normalized spacial score (nSPS) is 10.4. The highest BCUT2D eigenvalue weighted by Gasteiger charge is 2.29. The van der Waals surface area contributed by atoms with Crippen LogP contribution in [0, 0.1) is 0 Å². The quantitative estimate of drug-likeness (QED) is 0.535. The summed E-state index contributed by atoms with van der Waals surface area (Å²) in [4.78, 5) is 26.1. The van der Waals surface area contributed by atoms with Crippen LogP contribution in [-0.4, -0.2) is 25.2 Å². The first-order chi connectivity index (χ1) is 13.2. The second-order valence-corrected chi connectivity index (χ2v) is 6.70. The number of benzene rings is 2. The zero-order chi connectivity index (χ0) is 19.2. The van der Waals surface area contributed by atoms with E-state index in [-0.39, 0.29) is 13.2 Å². The fourth-order valence-corrected chi connectivity index (χ4v) is 4.01. The van der Waals surface area contributed by atoms with Crippen LogP contribution < -0.4 is 0 Å². The van der Waals surface area contributed by atoms with Crippen molar-refractivity contribution in [2.45, 2.75) is 13.8 Å². The minimum Gasteiger partial charge on any atom is -0.462 e. The van der Waals surface area contributed by atoms with Crippen molar-refractivity contribution >= 4 is 23.3 Å². The zero-order valence-electron chi connectivity index (χ0n) is 15.2. The molecule has 2 aromatic carbocycles. The van der Waals surface area contributed by atoms with Crippen molar-refractivity contribution in [3.05, 3.63) is 70.4 Å². The number of rotatable bonds is 6. The molecule has 0 aliphatic heterocycles. The van der Waals surface area contributed by atoms with Gasteiger partial charge in [0.1, 0.15) is 9.75 Å². The number of ether oxygens (including phenoxy) is 2. The second kappa shape index (κ2) is 8.64. The first-order valence-electron chi connectivity index (χ1n) is 8.79. The maximum atomic E-state index is 12.7. The van der Waals surface area contributed by atoms with Crippen LogP contribution in [0.1, 0.15) is 33.2 Å². The standard InChI is InChI=1S/C22H20O4S/c1-3-25-21(23)19-17(15-11-7-5-8-12-15)18(16-13-9-6-10-14-16)20(27-19)22(24)26-4-2/h5-14H,3-4H2,1-2H3. The Hall–Kier alpha value is -2.92. The minimum absolute atomic E-state index is 0.264. The Morgan fingerprint density at radius 1 is 0.704 bits per heavy atom. The number of carbonyl (C=O) groups is 2. The highest BCUT2D eigenvalue weighted by atomic mass is 32.1. The molecular weight excluding hydrogens is 360 g/mol. The van der Waals surface area contributed by atoms with Gasteiger partial charge in [-0.15, -0.1) is 11.3 Å². The monoisotopic (exact) mass is 380 g/mol. The Balaban J connectivity index is 2.32. The van der Waals surface area contributed by atoms with Gasteiger partial charge in [0.15, 0.2) is 0 Å². The molecule has 0 aliphatic carbocycles. The Morgan fingerprint density at radius 3 is 1.41 bits per heavy atom. The van der Waals surface area contributed by atoms with Crippen molar-refractivity contribution in [3.63, 3.8) is 0 Å². The first kappa shape index (κ1) is 18.9. The average molecular weight is 380 g/mol. The highest BCUT2D eigenvalue weighted by Crippen LogP contribution is 2.43. The largest absolute Gasteiger partial charge is 0.462 e. The molecule has 0 fully saturated rings. The smallest absolute Gasteiger partial charge is 0.348 e. The Morgan fingerprint density at radius 2 is 1.07 bits per heavy atom.